The lowest BCUT2D eigenvalue weighted by Crippen LogP contribution is -2.07. The van der Waals surface area contributed by atoms with Crippen LogP contribution in [0.1, 0.15) is 58.6 Å². The molecule has 6 heteroatoms. The van der Waals surface area contributed by atoms with E-state index in [2.05, 4.69) is 6.08 Å². The lowest BCUT2D eigenvalue weighted by Gasteiger charge is -2.13. The molecular weight excluding hydrogens is 432 g/mol. The molecule has 0 radical (unpaired) electrons. The number of hydrogen-bond donors (Lipinski definition) is 4. The summed E-state index contributed by atoms with van der Waals surface area (Å²) < 4.78 is 5.93. The molecule has 0 atom stereocenters. The molecule has 0 spiro atoms. The first-order valence-electron chi connectivity index (χ1n) is 11.3. The fraction of sp³-hybridized carbons (Fsp3) is 0.321. The molecule has 0 saturated carbocycles. The molecule has 0 aliphatic heterocycles. The lowest BCUT2D eigenvalue weighted by molar-refractivity contribution is 0.400. The summed E-state index contributed by atoms with van der Waals surface area (Å²) in [6.45, 7) is 9.91. The number of rotatable bonds is 7. The average Bonchev–Trinajstić information content (AvgIpc) is 2.74. The molecule has 3 rings (SSSR count). The highest BCUT2D eigenvalue weighted by molar-refractivity contribution is 5.99. The minimum atomic E-state index is -0.558. The monoisotopic (exact) mass is 464 g/mol. The molecule has 0 bridgehead atoms. The van der Waals surface area contributed by atoms with Gasteiger partial charge in [-0.3, -0.25) is 4.79 Å². The van der Waals surface area contributed by atoms with E-state index in [1.165, 1.54) is 11.6 Å². The normalized spacial score (nSPS) is 11.7. The quantitative estimate of drug-likeness (QED) is 0.180. The summed E-state index contributed by atoms with van der Waals surface area (Å²) in [5.74, 6) is -1.59. The van der Waals surface area contributed by atoms with Crippen molar-refractivity contribution in [2.24, 2.45) is 0 Å². The molecule has 2 aromatic carbocycles. The summed E-state index contributed by atoms with van der Waals surface area (Å²) >= 11 is 0. The Labute approximate surface area is 198 Å². The Morgan fingerprint density at radius 3 is 2.12 bits per heavy atom. The predicted molar refractivity (Wildman–Crippen MR) is 136 cm³/mol. The molecule has 1 heterocycles. The number of benzene rings is 2. The summed E-state index contributed by atoms with van der Waals surface area (Å²) in [6, 6.07) is 2.47. The maximum Gasteiger partial charge on any atom is 0.204 e. The van der Waals surface area contributed by atoms with E-state index in [0.717, 1.165) is 30.1 Å². The number of phenolic OH excluding ortho intramolecular Hbond substituents is 4. The Kier molecular flexibility index (Phi) is 7.40. The van der Waals surface area contributed by atoms with Crippen LogP contribution in [0.2, 0.25) is 0 Å². The fourth-order valence-electron chi connectivity index (χ4n) is 3.91. The van der Waals surface area contributed by atoms with Gasteiger partial charge in [-0.25, -0.2) is 0 Å². The van der Waals surface area contributed by atoms with E-state index < -0.39 is 22.7 Å². The van der Waals surface area contributed by atoms with Gasteiger partial charge < -0.3 is 24.8 Å². The molecule has 0 fully saturated rings. The fourth-order valence-corrected chi connectivity index (χ4v) is 3.91. The molecule has 34 heavy (non-hydrogen) atoms. The van der Waals surface area contributed by atoms with Crippen LogP contribution >= 0.6 is 0 Å². The van der Waals surface area contributed by atoms with Crippen LogP contribution in [0.4, 0.5) is 0 Å². The van der Waals surface area contributed by atoms with Gasteiger partial charge in [0.1, 0.15) is 22.5 Å². The Morgan fingerprint density at radius 2 is 1.47 bits per heavy atom. The Hall–Kier alpha value is -3.67. The molecule has 6 nitrogen and oxygen atoms in total. The zero-order chi connectivity index (χ0) is 25.2. The van der Waals surface area contributed by atoms with Gasteiger partial charge in [-0.05, 0) is 71.9 Å². The molecule has 0 aliphatic carbocycles. The number of hydrogen-bond acceptors (Lipinski definition) is 6. The van der Waals surface area contributed by atoms with Crippen molar-refractivity contribution in [3.63, 3.8) is 0 Å². The molecule has 0 unspecified atom stereocenters. The van der Waals surface area contributed by atoms with Gasteiger partial charge in [0.05, 0.1) is 5.39 Å². The topological polar surface area (TPSA) is 111 Å². The van der Waals surface area contributed by atoms with Crippen LogP contribution in [0.3, 0.4) is 0 Å². The second-order valence-electron chi connectivity index (χ2n) is 9.20. The summed E-state index contributed by atoms with van der Waals surface area (Å²) in [4.78, 5) is 13.5. The van der Waals surface area contributed by atoms with E-state index in [1.807, 2.05) is 46.8 Å². The van der Waals surface area contributed by atoms with Gasteiger partial charge in [0.2, 0.25) is 11.2 Å². The Bertz CT molecular complexity index is 1390. The standard InChI is InChI=1S/C28H32O6/c1-15(2)7-6-8-17(5)10-12-19-20(29)14-21(30)24-26(33)23-18(11-9-16(3)4)13-22(31)25(32)28(23)34-27(19)24/h7,9-10,13-14,29-32H,6,8,11-12H2,1-5H3/b17-10-. The summed E-state index contributed by atoms with van der Waals surface area (Å²) in [5.41, 5.74) is 3.43. The molecule has 0 aliphatic rings. The molecule has 4 N–H and O–H groups in total. The van der Waals surface area contributed by atoms with Crippen LogP contribution in [0.5, 0.6) is 23.0 Å². The SMILES string of the molecule is CC(C)=CCC/C(C)=C\Cc1c(O)cc(O)c2c(=O)c3c(CC=C(C)C)cc(O)c(O)c3oc12. The minimum absolute atomic E-state index is 0.0163. The van der Waals surface area contributed by atoms with Crippen molar-refractivity contribution in [2.75, 3.05) is 0 Å². The third kappa shape index (κ3) is 5.11. The molecular formula is C28H32O6. The molecule has 1 aromatic heterocycles. The minimum Gasteiger partial charge on any atom is -0.507 e. The maximum atomic E-state index is 13.5. The molecule has 0 amide bonds. The van der Waals surface area contributed by atoms with E-state index in [0.29, 0.717) is 17.5 Å². The Morgan fingerprint density at radius 1 is 0.794 bits per heavy atom. The van der Waals surface area contributed by atoms with E-state index in [-0.39, 0.29) is 34.1 Å². The van der Waals surface area contributed by atoms with Gasteiger partial charge in [0.25, 0.3) is 0 Å². The van der Waals surface area contributed by atoms with Crippen molar-refractivity contribution in [3.8, 4) is 23.0 Å². The molecule has 0 saturated heterocycles. The number of phenols is 4. The third-order valence-corrected chi connectivity index (χ3v) is 5.79. The van der Waals surface area contributed by atoms with Gasteiger partial charge in [-0.15, -0.1) is 0 Å². The zero-order valence-electron chi connectivity index (χ0n) is 20.3. The van der Waals surface area contributed by atoms with Crippen molar-refractivity contribution in [1.82, 2.24) is 0 Å². The van der Waals surface area contributed by atoms with Crippen molar-refractivity contribution >= 4 is 21.9 Å². The van der Waals surface area contributed by atoms with Crippen molar-refractivity contribution < 1.29 is 24.8 Å². The summed E-state index contributed by atoms with van der Waals surface area (Å²) in [5, 5.41) is 41.9. The van der Waals surface area contributed by atoms with Crippen LogP contribution in [0, 0.1) is 0 Å². The second kappa shape index (κ2) is 10.1. The average molecular weight is 465 g/mol. The summed E-state index contributed by atoms with van der Waals surface area (Å²) in [7, 11) is 0. The van der Waals surface area contributed by atoms with Crippen molar-refractivity contribution in [1.29, 1.82) is 0 Å². The van der Waals surface area contributed by atoms with Gasteiger partial charge in [-0.2, -0.15) is 0 Å². The molecule has 3 aromatic rings. The van der Waals surface area contributed by atoms with Gasteiger partial charge in [0.15, 0.2) is 11.3 Å². The van der Waals surface area contributed by atoms with Gasteiger partial charge >= 0.3 is 0 Å². The first-order valence-corrected chi connectivity index (χ1v) is 11.3. The lowest BCUT2D eigenvalue weighted by atomic mass is 9.98. The zero-order valence-corrected chi connectivity index (χ0v) is 20.3. The largest absolute Gasteiger partial charge is 0.507 e. The van der Waals surface area contributed by atoms with E-state index in [1.54, 1.807) is 0 Å². The summed E-state index contributed by atoms with van der Waals surface area (Å²) in [6.07, 6.45) is 8.32. The third-order valence-electron chi connectivity index (χ3n) is 5.79. The predicted octanol–water partition coefficient (Wildman–Crippen LogP) is 6.51. The molecule has 180 valence electrons. The van der Waals surface area contributed by atoms with Crippen LogP contribution in [0.15, 0.2) is 56.3 Å². The van der Waals surface area contributed by atoms with Crippen molar-refractivity contribution in [2.45, 2.75) is 60.3 Å². The highest BCUT2D eigenvalue weighted by Crippen LogP contribution is 2.41. The second-order valence-corrected chi connectivity index (χ2v) is 9.20. The number of fused-ring (bicyclic) bond motifs is 2. The maximum absolute atomic E-state index is 13.5. The van der Waals surface area contributed by atoms with E-state index >= 15 is 0 Å². The Balaban J connectivity index is 2.24. The van der Waals surface area contributed by atoms with Crippen LogP contribution in [-0.4, -0.2) is 20.4 Å². The number of aromatic hydroxyl groups is 4. The van der Waals surface area contributed by atoms with E-state index in [9.17, 15) is 25.2 Å². The highest BCUT2D eigenvalue weighted by atomic mass is 16.4. The van der Waals surface area contributed by atoms with Crippen LogP contribution in [-0.2, 0) is 12.8 Å². The van der Waals surface area contributed by atoms with Crippen LogP contribution in [0.25, 0.3) is 21.9 Å². The van der Waals surface area contributed by atoms with Gasteiger partial charge in [-0.1, -0.05) is 34.9 Å². The van der Waals surface area contributed by atoms with Gasteiger partial charge in [0, 0.05) is 11.6 Å². The first-order chi connectivity index (χ1) is 16.0. The first kappa shape index (κ1) is 25.0. The van der Waals surface area contributed by atoms with Crippen molar-refractivity contribution in [3.05, 3.63) is 68.4 Å². The van der Waals surface area contributed by atoms with E-state index in [4.69, 9.17) is 4.42 Å². The number of allylic oxidation sites excluding steroid dienone is 6. The smallest absolute Gasteiger partial charge is 0.204 e. The highest BCUT2D eigenvalue weighted by Gasteiger charge is 2.23. The van der Waals surface area contributed by atoms with Crippen LogP contribution < -0.4 is 5.43 Å².